The summed E-state index contributed by atoms with van der Waals surface area (Å²) in [5, 5.41) is 14.4. The Labute approximate surface area is 236 Å². The van der Waals surface area contributed by atoms with Gasteiger partial charge in [-0.25, -0.2) is 15.0 Å². The number of carbonyl (C=O) groups is 1. The number of methoxy groups -OCH3 is 1. The molecule has 0 aliphatic carbocycles. The van der Waals surface area contributed by atoms with Gasteiger partial charge in [0.2, 0.25) is 5.82 Å². The molecule has 2 aromatic heterocycles. The van der Waals surface area contributed by atoms with Gasteiger partial charge >= 0.3 is 34.5 Å². The molecule has 3 N–H and O–H groups in total. The Morgan fingerprint density at radius 1 is 1.26 bits per heavy atom. The Morgan fingerprint density at radius 2 is 1.97 bits per heavy atom. The van der Waals surface area contributed by atoms with E-state index in [0.717, 1.165) is 43.9 Å². The van der Waals surface area contributed by atoms with Gasteiger partial charge in [-0.15, -0.1) is 0 Å². The fourth-order valence-electron chi connectivity index (χ4n) is 3.01. The molecule has 0 saturated heterocycles. The van der Waals surface area contributed by atoms with Crippen molar-refractivity contribution in [1.29, 1.82) is 0 Å². The van der Waals surface area contributed by atoms with E-state index in [9.17, 15) is 22.4 Å². The summed E-state index contributed by atoms with van der Waals surface area (Å²) in [5.74, 6) is -1.64. The van der Waals surface area contributed by atoms with Gasteiger partial charge in [-0.1, -0.05) is 12.5 Å². The van der Waals surface area contributed by atoms with Crippen LogP contribution in [0.5, 0.6) is 0 Å². The van der Waals surface area contributed by atoms with E-state index in [-0.39, 0.29) is 41.2 Å². The number of carboxylic acid groups (broad SMARTS) is 1. The monoisotopic (exact) mass is 725 g/mol. The van der Waals surface area contributed by atoms with Crippen molar-refractivity contribution in [3.63, 3.8) is 0 Å². The SMILES string of the molecule is [Au+3].[CH2-]CC(Nc1ccnc(C(F)(F)F)n1)C(=O)O.[CH2-]CCCc1ccc2c(n1)NCCC2.[CH2-][C@@H](F)COC. The summed E-state index contributed by atoms with van der Waals surface area (Å²) < 4.78 is 52.6. The molecule has 0 aromatic carbocycles. The molecular weight excluding hydrogens is 691 g/mol. The summed E-state index contributed by atoms with van der Waals surface area (Å²) in [7, 11) is 1.44. The summed E-state index contributed by atoms with van der Waals surface area (Å²) in [6, 6.07) is 4.43. The number of rotatable bonds is 9. The van der Waals surface area contributed by atoms with Crippen LogP contribution in [0, 0.1) is 20.8 Å². The number of ether oxygens (including phenoxy) is 1. The van der Waals surface area contributed by atoms with Gasteiger partial charge in [-0.05, 0) is 43.1 Å². The maximum atomic E-state index is 12.3. The fourth-order valence-corrected chi connectivity index (χ4v) is 3.01. The number of nitrogens with zero attached hydrogens (tertiary/aromatic N) is 3. The topological polar surface area (TPSA) is 109 Å². The fraction of sp³-hybridized carbons (Fsp3) is 0.480. The van der Waals surface area contributed by atoms with Gasteiger partial charge in [-0.3, -0.25) is 9.18 Å². The maximum absolute atomic E-state index is 12.3. The van der Waals surface area contributed by atoms with E-state index in [1.165, 1.54) is 31.2 Å². The predicted octanol–water partition coefficient (Wildman–Crippen LogP) is 4.98. The standard InChI is InChI=1S/C12H17N2.C9H9F3N3O2.C4H8FO.Au/c1-2-3-6-11-8-7-10-5-4-9-13-12(10)14-11;1-2-5(7(16)17)14-6-3-4-13-8(15-6)9(10,11)12;1-4(5)3-6-2;/h7-8H,1-6,9H2,(H,13,14);3-5H,1-2H2,(H,16,17)(H,13,14,15);4H,1,3H2,2H3;/q3*-1;+3/t;;4-;/m..1./s1. The van der Waals surface area contributed by atoms with Gasteiger partial charge in [0.05, 0.1) is 6.04 Å². The van der Waals surface area contributed by atoms with Gasteiger partial charge in [-0.2, -0.15) is 26.0 Å². The van der Waals surface area contributed by atoms with E-state index in [1.54, 1.807) is 0 Å². The molecule has 1 aliphatic heterocycles. The molecule has 1 aliphatic rings. The number of halogens is 4. The molecule has 0 saturated carbocycles. The Hall–Kier alpha value is -2.28. The van der Waals surface area contributed by atoms with Crippen LogP contribution < -0.4 is 10.6 Å². The average molecular weight is 726 g/mol. The maximum Gasteiger partial charge on any atom is 3.00 e. The van der Waals surface area contributed by atoms with Gasteiger partial charge in [0.15, 0.2) is 0 Å². The molecule has 0 bridgehead atoms. The van der Waals surface area contributed by atoms with Crippen LogP contribution >= 0.6 is 0 Å². The quantitative estimate of drug-likeness (QED) is 0.189. The minimum absolute atomic E-state index is 0. The van der Waals surface area contributed by atoms with Crippen molar-refractivity contribution in [3.05, 3.63) is 62.2 Å². The van der Waals surface area contributed by atoms with Crippen LogP contribution in [0.1, 0.15) is 42.8 Å². The molecular formula is C25H34AuF4N5O3. The summed E-state index contributed by atoms with van der Waals surface area (Å²) in [4.78, 5) is 21.5. The van der Waals surface area contributed by atoms with Crippen LogP contribution in [-0.2, 0) is 50.9 Å². The number of hydrogen-bond donors (Lipinski definition) is 3. The van der Waals surface area contributed by atoms with Gasteiger partial charge in [0.25, 0.3) is 0 Å². The third-order valence-corrected chi connectivity index (χ3v) is 4.80. The molecule has 2 atom stereocenters. The van der Waals surface area contributed by atoms with Crippen LogP contribution in [-0.4, -0.2) is 58.5 Å². The van der Waals surface area contributed by atoms with Crippen LogP contribution in [0.15, 0.2) is 24.4 Å². The van der Waals surface area contributed by atoms with Crippen molar-refractivity contribution in [1.82, 2.24) is 15.0 Å². The molecule has 13 heteroatoms. The molecule has 0 amide bonds. The number of aromatic nitrogens is 3. The van der Waals surface area contributed by atoms with Crippen molar-refractivity contribution in [2.75, 3.05) is 30.9 Å². The first-order valence-corrected chi connectivity index (χ1v) is 11.7. The van der Waals surface area contributed by atoms with Crippen molar-refractivity contribution in [3.8, 4) is 0 Å². The third kappa shape index (κ3) is 14.0. The second-order valence-corrected chi connectivity index (χ2v) is 7.94. The van der Waals surface area contributed by atoms with E-state index >= 15 is 0 Å². The Kier molecular flexibility index (Phi) is 17.8. The average Bonchev–Trinajstić information content (AvgIpc) is 2.86. The minimum Gasteiger partial charge on any atom is -0.480 e. The smallest absolute Gasteiger partial charge is 0.480 e. The molecule has 38 heavy (non-hydrogen) atoms. The van der Waals surface area contributed by atoms with E-state index in [1.807, 2.05) is 0 Å². The van der Waals surface area contributed by atoms with Gasteiger partial charge < -0.3 is 41.2 Å². The number of anilines is 2. The number of aliphatic carboxylic acids is 1. The van der Waals surface area contributed by atoms with Crippen molar-refractivity contribution >= 4 is 17.6 Å². The van der Waals surface area contributed by atoms with Crippen LogP contribution in [0.3, 0.4) is 0 Å². The summed E-state index contributed by atoms with van der Waals surface area (Å²) in [6.07, 6.45) is 0.714. The van der Waals surface area contributed by atoms with E-state index in [2.05, 4.69) is 63.2 Å². The first-order valence-electron chi connectivity index (χ1n) is 11.7. The van der Waals surface area contributed by atoms with E-state index in [0.29, 0.717) is 0 Å². The second-order valence-electron chi connectivity index (χ2n) is 7.94. The number of hydrogen-bond acceptors (Lipinski definition) is 7. The summed E-state index contributed by atoms with van der Waals surface area (Å²) in [5.41, 5.74) is 2.57. The molecule has 216 valence electrons. The van der Waals surface area contributed by atoms with Crippen molar-refractivity contribution in [2.45, 2.75) is 56.9 Å². The molecule has 3 rings (SSSR count). The zero-order chi connectivity index (χ0) is 27.8. The van der Waals surface area contributed by atoms with Crippen molar-refractivity contribution < 1.29 is 54.6 Å². The third-order valence-electron chi connectivity index (χ3n) is 4.80. The Morgan fingerprint density at radius 3 is 2.50 bits per heavy atom. The molecule has 0 spiro atoms. The number of pyridine rings is 1. The van der Waals surface area contributed by atoms with Gasteiger partial charge in [0, 0.05) is 32.2 Å². The van der Waals surface area contributed by atoms with Crippen LogP contribution in [0.2, 0.25) is 0 Å². The molecule has 1 unspecified atom stereocenters. The van der Waals surface area contributed by atoms with E-state index in [4.69, 9.17) is 5.11 Å². The molecule has 8 nitrogen and oxygen atoms in total. The number of fused-ring (bicyclic) bond motifs is 1. The zero-order valence-corrected chi connectivity index (χ0v) is 23.3. The normalized spacial score (nSPS) is 13.6. The number of carboxylic acids is 1. The van der Waals surface area contributed by atoms with Gasteiger partial charge in [0.1, 0.15) is 11.6 Å². The number of alkyl halides is 4. The minimum atomic E-state index is -4.67. The summed E-state index contributed by atoms with van der Waals surface area (Å²) in [6.45, 7) is 11.4. The van der Waals surface area contributed by atoms with Crippen LogP contribution in [0.25, 0.3) is 0 Å². The zero-order valence-electron chi connectivity index (χ0n) is 21.2. The molecule has 2 aromatic rings. The number of nitrogens with one attached hydrogen (secondary N) is 2. The summed E-state index contributed by atoms with van der Waals surface area (Å²) >= 11 is 0. The Bertz CT molecular complexity index is 951. The number of aryl methyl sites for hydroxylation is 2. The first kappa shape index (κ1) is 35.7. The Balaban J connectivity index is 0.000000589. The predicted molar refractivity (Wildman–Crippen MR) is 134 cm³/mol. The van der Waals surface area contributed by atoms with Crippen LogP contribution in [0.4, 0.5) is 29.2 Å². The molecule has 3 heterocycles. The largest absolute Gasteiger partial charge is 3.00 e. The first-order chi connectivity index (χ1) is 17.5. The van der Waals surface area contributed by atoms with Crippen molar-refractivity contribution in [2.24, 2.45) is 0 Å². The molecule has 0 fully saturated rings. The second kappa shape index (κ2) is 18.9. The van der Waals surface area contributed by atoms with E-state index < -0.39 is 30.2 Å². The molecule has 0 radical (unpaired) electrons. The number of unbranched alkanes of at least 4 members (excludes halogenated alkanes) is 1.